The zero-order valence-electron chi connectivity index (χ0n) is 38.5. The van der Waals surface area contributed by atoms with Crippen molar-refractivity contribution in [3.05, 3.63) is 71.9 Å². The summed E-state index contributed by atoms with van der Waals surface area (Å²) >= 11 is 0. The number of aliphatic hydroxyl groups is 1. The molecule has 0 radical (unpaired) electrons. The lowest BCUT2D eigenvalue weighted by molar-refractivity contribution is -0.143. The lowest BCUT2D eigenvalue weighted by Gasteiger charge is -2.32. The van der Waals surface area contributed by atoms with E-state index in [1.807, 2.05) is 24.3 Å². The topological polar surface area (TPSA) is 364 Å². The predicted octanol–water partition coefficient (Wildman–Crippen LogP) is -0.599. The van der Waals surface area contributed by atoms with Gasteiger partial charge in [-0.25, -0.2) is 4.79 Å². The number of hydrogen-bond donors (Lipinski definition) is 13. The number of guanidine groups is 1. The third-order valence-corrected chi connectivity index (χ3v) is 14.5. The lowest BCUT2D eigenvalue weighted by atomic mass is 10.00. The van der Waals surface area contributed by atoms with E-state index in [2.05, 4.69) is 41.9 Å². The van der Waals surface area contributed by atoms with Crippen LogP contribution < -0.4 is 54.8 Å². The van der Waals surface area contributed by atoms with Crippen LogP contribution in [0.5, 0.6) is 0 Å². The van der Waals surface area contributed by atoms with Gasteiger partial charge in [0.05, 0.1) is 16.9 Å². The number of carboxylic acids is 1. The quantitative estimate of drug-likeness (QED) is 0.0369. The van der Waals surface area contributed by atoms with Crippen LogP contribution in [0, 0.1) is 0 Å². The Balaban J connectivity index is 1.80. The molecule has 1 fully saturated rings. The van der Waals surface area contributed by atoms with Crippen molar-refractivity contribution < 1.29 is 43.8 Å². The van der Waals surface area contributed by atoms with Crippen LogP contribution in [0.1, 0.15) is 70.4 Å². The van der Waals surface area contributed by atoms with Gasteiger partial charge in [0, 0.05) is 42.2 Å². The molecule has 1 aliphatic heterocycles. The molecule has 6 amide bonds. The highest BCUT2D eigenvalue weighted by atomic mass is 33.1. The molecule has 3 aromatic rings. The lowest BCUT2D eigenvalue weighted by Crippen LogP contribution is -2.62. The number of aromatic amines is 1. The number of carboxylic acid groups (broad SMARTS) is 1. The first kappa shape index (κ1) is 54.7. The molecule has 8 atom stereocenters. The molecule has 0 spiro atoms. The van der Waals surface area contributed by atoms with E-state index in [-0.39, 0.29) is 56.8 Å². The van der Waals surface area contributed by atoms with Crippen molar-refractivity contribution in [3.8, 4) is 0 Å². The molecule has 0 aliphatic carbocycles. The van der Waals surface area contributed by atoms with Crippen LogP contribution in [-0.2, 0) is 46.4 Å². The molecular weight excluding hydrogens is 917 g/mol. The van der Waals surface area contributed by atoms with E-state index in [0.717, 1.165) is 21.7 Å². The Labute approximate surface area is 403 Å². The van der Waals surface area contributed by atoms with Crippen LogP contribution in [0.3, 0.4) is 0 Å². The molecule has 0 saturated carbocycles. The van der Waals surface area contributed by atoms with Gasteiger partial charge < -0.3 is 70.0 Å². The molecule has 0 unspecified atom stereocenters. The summed E-state index contributed by atoms with van der Waals surface area (Å²) in [5.74, 6) is -6.33. The average molecular weight is 983 g/mol. The summed E-state index contributed by atoms with van der Waals surface area (Å²) in [6, 6.07) is 6.37. The molecule has 21 nitrogen and oxygen atoms in total. The van der Waals surface area contributed by atoms with E-state index >= 15 is 0 Å². The Morgan fingerprint density at radius 1 is 0.838 bits per heavy atom. The van der Waals surface area contributed by atoms with Crippen LogP contribution >= 0.6 is 21.6 Å². The molecule has 372 valence electrons. The number of rotatable bonds is 16. The number of unbranched alkanes of at least 4 members (excludes halogenated alkanes) is 1. The first-order valence-corrected chi connectivity index (χ1v) is 24.8. The van der Waals surface area contributed by atoms with Gasteiger partial charge in [-0.3, -0.25) is 33.8 Å². The minimum Gasteiger partial charge on any atom is -0.480 e. The summed E-state index contributed by atoms with van der Waals surface area (Å²) < 4.78 is -1.22. The summed E-state index contributed by atoms with van der Waals surface area (Å²) in [4.78, 5) is 105. The Morgan fingerprint density at radius 2 is 1.47 bits per heavy atom. The Kier molecular flexibility index (Phi) is 21.4. The number of nitrogens with one attached hydrogen (secondary N) is 7. The monoisotopic (exact) mass is 982 g/mol. The van der Waals surface area contributed by atoms with Gasteiger partial charge in [-0.05, 0) is 76.6 Å². The second-order valence-corrected chi connectivity index (χ2v) is 20.2. The third kappa shape index (κ3) is 16.7. The van der Waals surface area contributed by atoms with E-state index < -0.39 is 94.6 Å². The molecule has 23 heteroatoms. The second kappa shape index (κ2) is 26.6. The zero-order valence-corrected chi connectivity index (χ0v) is 40.1. The molecule has 68 heavy (non-hydrogen) atoms. The van der Waals surface area contributed by atoms with Crippen molar-refractivity contribution >= 4 is 79.9 Å². The van der Waals surface area contributed by atoms with Gasteiger partial charge in [-0.15, -0.1) is 0 Å². The summed E-state index contributed by atoms with van der Waals surface area (Å²) in [6.45, 7) is 4.95. The summed E-state index contributed by atoms with van der Waals surface area (Å²) in [5.41, 5.74) is 24.9. The number of para-hydroxylation sites is 1. The number of aliphatic imine (C=N–C) groups is 1. The highest BCUT2D eigenvalue weighted by Crippen LogP contribution is 2.39. The maximum absolute atomic E-state index is 14.5. The van der Waals surface area contributed by atoms with E-state index in [0.29, 0.717) is 30.5 Å². The van der Waals surface area contributed by atoms with Crippen LogP contribution in [0.15, 0.2) is 65.8 Å². The molecule has 17 N–H and O–H groups in total. The number of aromatic nitrogens is 1. The highest BCUT2D eigenvalue weighted by molar-refractivity contribution is 8.77. The van der Waals surface area contributed by atoms with Gasteiger partial charge in [0.25, 0.3) is 0 Å². The zero-order chi connectivity index (χ0) is 50.0. The number of carbonyl (C=O) groups excluding carboxylic acids is 6. The summed E-state index contributed by atoms with van der Waals surface area (Å²) in [7, 11) is 2.28. The Hall–Kier alpha value is -5.88. The normalized spacial score (nSPS) is 23.3. The van der Waals surface area contributed by atoms with Crippen molar-refractivity contribution in [2.24, 2.45) is 27.9 Å². The predicted molar refractivity (Wildman–Crippen MR) is 263 cm³/mol. The van der Waals surface area contributed by atoms with Crippen LogP contribution in [0.25, 0.3) is 10.9 Å². The molecule has 1 aliphatic rings. The molecule has 4 rings (SSSR count). The maximum Gasteiger partial charge on any atom is 0.327 e. The third-order valence-electron chi connectivity index (χ3n) is 11.2. The number of nitrogens with zero attached hydrogens (tertiary/aromatic N) is 1. The van der Waals surface area contributed by atoms with Crippen molar-refractivity contribution in [1.82, 2.24) is 36.9 Å². The van der Waals surface area contributed by atoms with Crippen molar-refractivity contribution in [1.29, 1.82) is 0 Å². The number of nitrogens with two attached hydrogens (primary N) is 4. The summed E-state index contributed by atoms with van der Waals surface area (Å²) in [6.07, 6.45) is 1.51. The van der Waals surface area contributed by atoms with E-state index in [1.165, 1.54) is 17.7 Å². The molecule has 2 heterocycles. The van der Waals surface area contributed by atoms with Crippen molar-refractivity contribution in [3.63, 3.8) is 0 Å². The minimum atomic E-state index is -1.64. The van der Waals surface area contributed by atoms with Gasteiger partial charge >= 0.3 is 5.97 Å². The maximum atomic E-state index is 14.5. The van der Waals surface area contributed by atoms with Gasteiger partial charge in [0.1, 0.15) is 36.3 Å². The number of amides is 6. The first-order valence-electron chi connectivity index (χ1n) is 22.4. The van der Waals surface area contributed by atoms with Gasteiger partial charge in [-0.1, -0.05) is 76.5 Å². The first-order chi connectivity index (χ1) is 32.3. The van der Waals surface area contributed by atoms with Crippen LogP contribution in [-0.4, -0.2) is 135 Å². The second-order valence-electron chi connectivity index (χ2n) is 17.1. The van der Waals surface area contributed by atoms with E-state index in [9.17, 15) is 43.8 Å². The molecule has 0 bridgehead atoms. The molecule has 2 aromatic carbocycles. The average Bonchev–Trinajstić information content (AvgIpc) is 3.70. The standard InChI is InChI=1S/C45H66N12O9S2/c1-25(58)35-42(64)55-33(22-26-12-5-4-6-13-26)40(62)53-31(17-11-20-50-44(48)49)38(60)54-34(23-27-24-51-30-16-8-7-14-28(27)30)41(63)57-36(43(65)66)45(2,3)68-67-21-18-32(39(61)56-35)52-37(59)29(47)15-9-10-19-46/h4-8,12-14,16,24-25,29,31-36,51,58H,9-11,15,17-23,46-47H2,1-3H3,(H,52,59)(H,53,62)(H,54,60)(H,55,64)(H,56,61)(H,57,63)(H,65,66)(H4,48,49,50)/t25-,29+,31+,32+,33-,34+,35+,36-/m1/s1. The smallest absolute Gasteiger partial charge is 0.327 e. The number of H-pyrrole nitrogens is 1. The van der Waals surface area contributed by atoms with Gasteiger partial charge in [0.15, 0.2) is 5.96 Å². The van der Waals surface area contributed by atoms with E-state index in [1.54, 1.807) is 50.4 Å². The number of carbonyl (C=O) groups is 7. The fraction of sp³-hybridized carbons (Fsp3) is 0.511. The number of fused-ring (bicyclic) bond motifs is 1. The summed E-state index contributed by atoms with van der Waals surface area (Å²) in [5, 5.41) is 38.2. The fourth-order valence-corrected chi connectivity index (χ4v) is 10.1. The van der Waals surface area contributed by atoms with Crippen molar-refractivity contribution in [2.45, 2.75) is 125 Å². The van der Waals surface area contributed by atoms with Crippen LogP contribution in [0.4, 0.5) is 0 Å². The molecular formula is C45H66N12O9S2. The van der Waals surface area contributed by atoms with Crippen LogP contribution in [0.2, 0.25) is 0 Å². The van der Waals surface area contributed by atoms with Gasteiger partial charge in [-0.2, -0.15) is 0 Å². The molecule has 1 aromatic heterocycles. The van der Waals surface area contributed by atoms with Gasteiger partial charge in [0.2, 0.25) is 35.4 Å². The van der Waals surface area contributed by atoms with Crippen molar-refractivity contribution in [2.75, 3.05) is 18.8 Å². The Bertz CT molecular complexity index is 2220. The largest absolute Gasteiger partial charge is 0.480 e. The SMILES string of the molecule is C[C@@H](O)[C@@H]1NC(=O)[C@@H](NC(=O)[C@@H](N)CCCCN)CCSSC(C)(C)[C@@H](C(=O)O)NC(=O)[C@H](Cc2c[nH]c3ccccc23)NC(=O)[C@H](CCCN=C(N)N)NC(=O)[C@@H](Cc2ccccc2)NC1=O. The minimum absolute atomic E-state index is 0.0403. The van der Waals surface area contributed by atoms with E-state index in [4.69, 9.17) is 22.9 Å². The Morgan fingerprint density at radius 3 is 2.15 bits per heavy atom. The highest BCUT2D eigenvalue weighted by Gasteiger charge is 2.40. The fourth-order valence-electron chi connectivity index (χ4n) is 7.40. The number of hydrogen-bond acceptors (Lipinski definition) is 13. The number of aliphatic hydroxyl groups excluding tert-OH is 1. The number of benzene rings is 2. The number of aliphatic carboxylic acids is 1. The molecule has 1 saturated heterocycles.